The first-order chi connectivity index (χ1) is 18.5. The number of carbonyl (C=O) groups is 2. The lowest BCUT2D eigenvalue weighted by Gasteiger charge is -2.36. The maximum atomic E-state index is 13.3. The fourth-order valence-corrected chi connectivity index (χ4v) is 4.59. The van der Waals surface area contributed by atoms with E-state index >= 15 is 0 Å². The number of tetrazole rings is 1. The van der Waals surface area contributed by atoms with Crippen LogP contribution < -0.4 is 10.6 Å². The van der Waals surface area contributed by atoms with Crippen molar-refractivity contribution in [2.24, 2.45) is 0 Å². The number of methoxy groups -OCH3 is 1. The van der Waals surface area contributed by atoms with E-state index in [1.165, 1.54) is 11.9 Å². The number of hydrogen-bond donors (Lipinski definition) is 2. The minimum atomic E-state index is -0.373. The van der Waals surface area contributed by atoms with E-state index in [0.717, 1.165) is 24.3 Å². The van der Waals surface area contributed by atoms with E-state index in [4.69, 9.17) is 9.47 Å². The summed E-state index contributed by atoms with van der Waals surface area (Å²) < 4.78 is 11.8. The average Bonchev–Trinajstić information content (AvgIpc) is 3.65. The van der Waals surface area contributed by atoms with E-state index in [1.807, 2.05) is 43.5 Å². The number of nitrogens with one attached hydrogen (secondary N) is 2. The molecule has 38 heavy (non-hydrogen) atoms. The van der Waals surface area contributed by atoms with Crippen LogP contribution in [-0.4, -0.2) is 86.2 Å². The summed E-state index contributed by atoms with van der Waals surface area (Å²) in [5.74, 6) is 0.162. The van der Waals surface area contributed by atoms with Crippen LogP contribution in [0, 0.1) is 6.92 Å². The first-order valence-electron chi connectivity index (χ1n) is 12.3. The zero-order valence-electron chi connectivity index (χ0n) is 21.0. The molecule has 2 saturated heterocycles. The molecule has 2 N–H and O–H groups in total. The average molecular weight is 518 g/mol. The second-order valence-corrected chi connectivity index (χ2v) is 9.45. The van der Waals surface area contributed by atoms with Crippen molar-refractivity contribution in [3.05, 3.63) is 53.9 Å². The van der Waals surface area contributed by atoms with Crippen LogP contribution in [0.1, 0.15) is 28.4 Å². The number of rotatable bonds is 6. The molecule has 196 valence electrons. The number of aryl methyl sites for hydroxylation is 1. The third kappa shape index (κ3) is 4.52. The molecule has 13 heteroatoms. The Labute approximate surface area is 217 Å². The van der Waals surface area contributed by atoms with Crippen LogP contribution in [0.3, 0.4) is 0 Å². The van der Waals surface area contributed by atoms with Crippen molar-refractivity contribution in [3.8, 4) is 11.4 Å². The van der Waals surface area contributed by atoms with Gasteiger partial charge in [-0.3, -0.25) is 4.79 Å². The number of pyridine rings is 1. The molecule has 0 saturated carbocycles. The van der Waals surface area contributed by atoms with Gasteiger partial charge in [0.25, 0.3) is 5.91 Å². The summed E-state index contributed by atoms with van der Waals surface area (Å²) in [6.45, 7) is 4.26. The first kappa shape index (κ1) is 23.9. The normalized spacial score (nSPS) is 17.4. The molecule has 0 aliphatic carbocycles. The molecule has 2 aliphatic rings. The Kier molecular flexibility index (Phi) is 6.12. The number of aromatic nitrogens is 6. The molecule has 0 bridgehead atoms. The number of nitrogens with zero attached hydrogens (tertiary/aromatic N) is 7. The summed E-state index contributed by atoms with van der Waals surface area (Å²) in [5.41, 5.74) is 4.32. The second kappa shape index (κ2) is 9.74. The highest BCUT2D eigenvalue weighted by atomic mass is 16.5. The van der Waals surface area contributed by atoms with Gasteiger partial charge in [-0.25, -0.2) is 9.31 Å². The highest BCUT2D eigenvalue weighted by Gasteiger charge is 2.34. The van der Waals surface area contributed by atoms with Crippen molar-refractivity contribution < 1.29 is 19.1 Å². The molecule has 2 amide bonds. The monoisotopic (exact) mass is 517 g/mol. The zero-order valence-corrected chi connectivity index (χ0v) is 21.0. The van der Waals surface area contributed by atoms with Gasteiger partial charge in [-0.1, -0.05) is 12.1 Å². The summed E-state index contributed by atoms with van der Waals surface area (Å²) in [7, 11) is 1.35. The fourth-order valence-electron chi connectivity index (χ4n) is 4.59. The van der Waals surface area contributed by atoms with Crippen molar-refractivity contribution in [3.63, 3.8) is 0 Å². The third-order valence-electron chi connectivity index (χ3n) is 6.86. The second-order valence-electron chi connectivity index (χ2n) is 9.45. The van der Waals surface area contributed by atoms with Crippen molar-refractivity contribution in [1.82, 2.24) is 34.7 Å². The fraction of sp³-hybridized carbons (Fsp3) is 0.360. The molecule has 2 aliphatic heterocycles. The Balaban J connectivity index is 1.18. The number of benzene rings is 1. The van der Waals surface area contributed by atoms with Gasteiger partial charge in [0, 0.05) is 29.7 Å². The molecule has 4 aromatic rings. The largest absolute Gasteiger partial charge is 0.453 e. The molecule has 1 atom stereocenters. The van der Waals surface area contributed by atoms with Crippen LogP contribution in [0.2, 0.25) is 0 Å². The van der Waals surface area contributed by atoms with Gasteiger partial charge in [-0.15, -0.1) is 10.2 Å². The Morgan fingerprint density at radius 2 is 2.05 bits per heavy atom. The molecule has 6 rings (SSSR count). The van der Waals surface area contributed by atoms with Crippen molar-refractivity contribution >= 4 is 28.9 Å². The van der Waals surface area contributed by atoms with Crippen LogP contribution in [-0.2, 0) is 9.47 Å². The van der Waals surface area contributed by atoms with Gasteiger partial charge in [-0.2, -0.15) is 9.90 Å². The molecule has 5 heterocycles. The van der Waals surface area contributed by atoms with E-state index in [1.54, 1.807) is 15.6 Å². The number of ether oxygens (including phenoxy) is 2. The number of amides is 2. The summed E-state index contributed by atoms with van der Waals surface area (Å²) in [6.07, 6.45) is 3.97. The van der Waals surface area contributed by atoms with Gasteiger partial charge >= 0.3 is 6.09 Å². The lowest BCUT2D eigenvalue weighted by molar-refractivity contribution is 0.0621. The van der Waals surface area contributed by atoms with Gasteiger partial charge in [-0.05, 0) is 42.3 Å². The molecule has 0 radical (unpaired) electrons. The van der Waals surface area contributed by atoms with Gasteiger partial charge in [0.05, 0.1) is 50.1 Å². The molecule has 1 aromatic carbocycles. The Morgan fingerprint density at radius 3 is 2.84 bits per heavy atom. The summed E-state index contributed by atoms with van der Waals surface area (Å²) in [5, 5.41) is 23.6. The molecule has 0 spiro atoms. The van der Waals surface area contributed by atoms with E-state index in [-0.39, 0.29) is 24.1 Å². The van der Waals surface area contributed by atoms with Crippen LogP contribution in [0.4, 0.5) is 16.2 Å². The number of likely N-dealkylation sites (tertiary alicyclic amines) is 1. The van der Waals surface area contributed by atoms with Crippen molar-refractivity contribution in [2.75, 3.05) is 44.0 Å². The van der Waals surface area contributed by atoms with Gasteiger partial charge in [0.1, 0.15) is 6.04 Å². The van der Waals surface area contributed by atoms with Crippen LogP contribution >= 0.6 is 0 Å². The molecule has 13 nitrogen and oxygen atoms in total. The van der Waals surface area contributed by atoms with Gasteiger partial charge < -0.3 is 25.0 Å². The number of carbonyl (C=O) groups excluding carboxylic acids is 2. The molecular weight excluding hydrogens is 490 g/mol. The predicted molar refractivity (Wildman–Crippen MR) is 137 cm³/mol. The molecular formula is C25H27N9O4. The maximum absolute atomic E-state index is 13.3. The number of fused-ring (bicyclic) bond motifs is 1. The van der Waals surface area contributed by atoms with E-state index in [0.29, 0.717) is 47.9 Å². The van der Waals surface area contributed by atoms with Gasteiger partial charge in [0.2, 0.25) is 5.82 Å². The van der Waals surface area contributed by atoms with Crippen molar-refractivity contribution in [2.45, 2.75) is 25.4 Å². The lowest BCUT2D eigenvalue weighted by atomic mass is 10.1. The topological polar surface area (TPSA) is 141 Å². The Hall–Kier alpha value is -4.52. The van der Waals surface area contributed by atoms with Crippen molar-refractivity contribution in [1.29, 1.82) is 0 Å². The van der Waals surface area contributed by atoms with Crippen LogP contribution in [0.25, 0.3) is 16.9 Å². The Bertz CT molecular complexity index is 1500. The third-order valence-corrected chi connectivity index (χ3v) is 6.86. The Morgan fingerprint density at radius 1 is 1.18 bits per heavy atom. The number of hydrogen-bond acceptors (Lipinski definition) is 9. The highest BCUT2D eigenvalue weighted by molar-refractivity contribution is 6.09. The molecule has 3 aromatic heterocycles. The summed E-state index contributed by atoms with van der Waals surface area (Å²) in [6, 6.07) is 9.66. The summed E-state index contributed by atoms with van der Waals surface area (Å²) >= 11 is 0. The minimum absolute atomic E-state index is 0.0591. The first-order valence-corrected chi connectivity index (χ1v) is 12.3. The van der Waals surface area contributed by atoms with E-state index < -0.39 is 0 Å². The summed E-state index contributed by atoms with van der Waals surface area (Å²) in [4.78, 5) is 28.0. The number of anilines is 2. The quantitative estimate of drug-likeness (QED) is 0.394. The minimum Gasteiger partial charge on any atom is -0.453 e. The smallest absolute Gasteiger partial charge is 0.409 e. The van der Waals surface area contributed by atoms with E-state index in [2.05, 4.69) is 31.1 Å². The highest BCUT2D eigenvalue weighted by Crippen LogP contribution is 2.26. The lowest BCUT2D eigenvalue weighted by Crippen LogP contribution is -2.51. The molecule has 2 fully saturated rings. The van der Waals surface area contributed by atoms with Crippen LogP contribution in [0.15, 0.2) is 42.7 Å². The van der Waals surface area contributed by atoms with Crippen LogP contribution in [0.5, 0.6) is 0 Å². The zero-order chi connectivity index (χ0) is 26.2. The molecule has 0 unspecified atom stereocenters. The maximum Gasteiger partial charge on any atom is 0.409 e. The standard InChI is InChI=1S/C25H27N9O4/c1-15-3-4-16(23-29-31-34(30-23)19-12-32(13-19)25(36)37-2)9-21(15)28-24(35)20-11-26-33-7-5-17(10-22(20)33)27-18-6-8-38-14-18/h3-5,7,9-11,18-19,27H,6,8,12-14H2,1-2H3,(H,28,35)/t18-/m0/s1. The van der Waals surface area contributed by atoms with E-state index in [9.17, 15) is 9.59 Å². The predicted octanol–water partition coefficient (Wildman–Crippen LogP) is 2.37. The SMILES string of the molecule is COC(=O)N1CC(n2nnc(-c3ccc(C)c(NC(=O)c4cnn5ccc(N[C@H]6CCOC6)cc45)c3)n2)C1. The van der Waals surface area contributed by atoms with Gasteiger partial charge in [0.15, 0.2) is 0 Å².